The van der Waals surface area contributed by atoms with Gasteiger partial charge in [0.2, 0.25) is 5.95 Å². The molecule has 9 heteroatoms. The number of anilines is 4. The summed E-state index contributed by atoms with van der Waals surface area (Å²) < 4.78 is 0. The van der Waals surface area contributed by atoms with Crippen LogP contribution in [0.15, 0.2) is 42.6 Å². The van der Waals surface area contributed by atoms with Gasteiger partial charge in [0.25, 0.3) is 5.91 Å². The van der Waals surface area contributed by atoms with E-state index in [2.05, 4.69) is 54.4 Å². The molecule has 0 radical (unpaired) electrons. The number of rotatable bonds is 7. The van der Waals surface area contributed by atoms with Gasteiger partial charge >= 0.3 is 0 Å². The summed E-state index contributed by atoms with van der Waals surface area (Å²) in [6, 6.07) is 13.7. The van der Waals surface area contributed by atoms with Crippen molar-refractivity contribution in [2.75, 3.05) is 10.6 Å². The number of nitrogens with one attached hydrogen (secondary N) is 4. The molecule has 0 atom stereocenters. The third-order valence-electron chi connectivity index (χ3n) is 5.46. The second-order valence-corrected chi connectivity index (χ2v) is 9.07. The SMILES string of the molecule is CC(C)NC(=O)c1cnc(Nc2ccc3c(c2)CNC3)nc1Nc1cccc(C(C)(C)C#N)n1. The molecule has 1 aliphatic rings. The monoisotopic (exact) mass is 456 g/mol. The van der Waals surface area contributed by atoms with Crippen molar-refractivity contribution in [1.82, 2.24) is 25.6 Å². The standard InChI is InChI=1S/C25H28N8O/c1-15(2)29-23(34)19-13-28-24(30-18-9-8-16-11-27-12-17(16)10-18)33-22(19)32-21-7-5-6-20(31-21)25(3,4)14-26/h5-10,13,15,27H,11-12H2,1-4H3,(H,29,34)(H2,28,30,31,32,33). The van der Waals surface area contributed by atoms with Gasteiger partial charge in [0.1, 0.15) is 17.2 Å². The van der Waals surface area contributed by atoms with Crippen molar-refractivity contribution < 1.29 is 4.79 Å². The molecule has 0 aliphatic carbocycles. The summed E-state index contributed by atoms with van der Waals surface area (Å²) in [4.78, 5) is 26.3. The lowest BCUT2D eigenvalue weighted by Crippen LogP contribution is -2.31. The molecule has 0 saturated carbocycles. The van der Waals surface area contributed by atoms with Crippen LogP contribution in [-0.2, 0) is 18.5 Å². The Hall–Kier alpha value is -4.03. The Morgan fingerprint density at radius 1 is 1.12 bits per heavy atom. The molecule has 9 nitrogen and oxygen atoms in total. The Bertz CT molecular complexity index is 1260. The third-order valence-corrected chi connectivity index (χ3v) is 5.46. The second-order valence-electron chi connectivity index (χ2n) is 9.07. The first-order chi connectivity index (χ1) is 16.2. The van der Waals surface area contributed by atoms with Gasteiger partial charge in [-0.15, -0.1) is 0 Å². The zero-order chi connectivity index (χ0) is 24.3. The van der Waals surface area contributed by atoms with E-state index >= 15 is 0 Å². The summed E-state index contributed by atoms with van der Waals surface area (Å²) in [5, 5.41) is 22.0. The molecule has 4 rings (SSSR count). The van der Waals surface area contributed by atoms with Gasteiger partial charge in [0.05, 0.1) is 17.2 Å². The molecule has 0 spiro atoms. The Balaban J connectivity index is 1.66. The Kier molecular flexibility index (Phi) is 6.43. The molecule has 2 aromatic heterocycles. The zero-order valence-corrected chi connectivity index (χ0v) is 19.7. The summed E-state index contributed by atoms with van der Waals surface area (Å²) in [6.45, 7) is 9.08. The highest BCUT2D eigenvalue weighted by Gasteiger charge is 2.22. The Labute approximate surface area is 199 Å². The summed E-state index contributed by atoms with van der Waals surface area (Å²) in [7, 11) is 0. The van der Waals surface area contributed by atoms with Crippen molar-refractivity contribution in [3.05, 3.63) is 65.0 Å². The fraction of sp³-hybridized carbons (Fsp3) is 0.320. The highest BCUT2D eigenvalue weighted by molar-refractivity contribution is 5.99. The van der Waals surface area contributed by atoms with Crippen LogP contribution >= 0.6 is 0 Å². The second kappa shape index (κ2) is 9.45. The molecule has 1 aromatic carbocycles. The fourth-order valence-electron chi connectivity index (χ4n) is 3.58. The van der Waals surface area contributed by atoms with Crippen LogP contribution in [0.5, 0.6) is 0 Å². The van der Waals surface area contributed by atoms with Gasteiger partial charge in [-0.3, -0.25) is 4.79 Å². The smallest absolute Gasteiger partial charge is 0.256 e. The Morgan fingerprint density at radius 2 is 1.91 bits per heavy atom. The normalized spacial score (nSPS) is 12.7. The average Bonchev–Trinajstić information content (AvgIpc) is 3.27. The van der Waals surface area contributed by atoms with Gasteiger partial charge in [0.15, 0.2) is 0 Å². The molecule has 1 aliphatic heterocycles. The number of hydrogen-bond acceptors (Lipinski definition) is 8. The van der Waals surface area contributed by atoms with Gasteiger partial charge in [-0.2, -0.15) is 10.2 Å². The van der Waals surface area contributed by atoms with Gasteiger partial charge < -0.3 is 21.3 Å². The highest BCUT2D eigenvalue weighted by atomic mass is 16.1. The topological polar surface area (TPSA) is 128 Å². The maximum atomic E-state index is 12.8. The summed E-state index contributed by atoms with van der Waals surface area (Å²) in [5.74, 6) is 0.856. The number of aromatic nitrogens is 3. The zero-order valence-electron chi connectivity index (χ0n) is 19.7. The lowest BCUT2D eigenvalue weighted by molar-refractivity contribution is 0.0943. The summed E-state index contributed by atoms with van der Waals surface area (Å²) in [6.07, 6.45) is 1.49. The van der Waals surface area contributed by atoms with Crippen molar-refractivity contribution >= 4 is 29.2 Å². The van der Waals surface area contributed by atoms with Crippen LogP contribution in [-0.4, -0.2) is 26.9 Å². The molecule has 0 saturated heterocycles. The number of amides is 1. The van der Waals surface area contributed by atoms with Gasteiger partial charge in [0, 0.05) is 31.0 Å². The number of benzene rings is 1. The van der Waals surface area contributed by atoms with E-state index in [-0.39, 0.29) is 11.9 Å². The maximum absolute atomic E-state index is 12.8. The number of carbonyl (C=O) groups is 1. The van der Waals surface area contributed by atoms with Crippen LogP contribution in [0.25, 0.3) is 0 Å². The van der Waals surface area contributed by atoms with E-state index in [0.717, 1.165) is 18.8 Å². The third kappa shape index (κ3) is 5.13. The van der Waals surface area contributed by atoms with Crippen LogP contribution in [0.2, 0.25) is 0 Å². The van der Waals surface area contributed by atoms with Crippen molar-refractivity contribution in [2.24, 2.45) is 0 Å². The molecule has 3 heterocycles. The number of fused-ring (bicyclic) bond motifs is 1. The summed E-state index contributed by atoms with van der Waals surface area (Å²) in [5.41, 5.74) is 3.54. The van der Waals surface area contributed by atoms with Gasteiger partial charge in [-0.1, -0.05) is 12.1 Å². The molecule has 34 heavy (non-hydrogen) atoms. The average molecular weight is 457 g/mol. The first kappa shape index (κ1) is 23.1. The van der Waals surface area contributed by atoms with Crippen molar-refractivity contribution in [3.8, 4) is 6.07 Å². The molecule has 3 aromatic rings. The van der Waals surface area contributed by atoms with Crippen molar-refractivity contribution in [3.63, 3.8) is 0 Å². The molecular formula is C25H28N8O. The number of pyridine rings is 1. The van der Waals surface area contributed by atoms with Crippen LogP contribution in [0.3, 0.4) is 0 Å². The quantitative estimate of drug-likeness (QED) is 0.421. The first-order valence-electron chi connectivity index (χ1n) is 11.2. The van der Waals surface area contributed by atoms with E-state index in [1.807, 2.05) is 26.0 Å². The molecule has 174 valence electrons. The predicted molar refractivity (Wildman–Crippen MR) is 131 cm³/mol. The molecular weight excluding hydrogens is 428 g/mol. The minimum atomic E-state index is -0.754. The van der Waals surface area contributed by atoms with E-state index < -0.39 is 5.41 Å². The lowest BCUT2D eigenvalue weighted by Gasteiger charge is -2.17. The predicted octanol–water partition coefficient (Wildman–Crippen LogP) is 3.90. The lowest BCUT2D eigenvalue weighted by atomic mass is 9.91. The molecule has 0 fully saturated rings. The van der Waals surface area contributed by atoms with E-state index in [1.165, 1.54) is 17.3 Å². The van der Waals surface area contributed by atoms with E-state index in [0.29, 0.717) is 28.8 Å². The van der Waals surface area contributed by atoms with Crippen LogP contribution in [0.1, 0.15) is 54.9 Å². The van der Waals surface area contributed by atoms with Crippen LogP contribution in [0, 0.1) is 11.3 Å². The minimum absolute atomic E-state index is 0.0453. The van der Waals surface area contributed by atoms with Crippen LogP contribution in [0.4, 0.5) is 23.3 Å². The highest BCUT2D eigenvalue weighted by Crippen LogP contribution is 2.26. The molecule has 0 unspecified atom stereocenters. The fourth-order valence-corrected chi connectivity index (χ4v) is 3.58. The van der Waals surface area contributed by atoms with Crippen molar-refractivity contribution in [1.29, 1.82) is 5.26 Å². The summed E-state index contributed by atoms with van der Waals surface area (Å²) >= 11 is 0. The van der Waals surface area contributed by atoms with Gasteiger partial charge in [-0.05, 0) is 63.1 Å². The Morgan fingerprint density at radius 3 is 2.68 bits per heavy atom. The minimum Gasteiger partial charge on any atom is -0.350 e. The number of hydrogen-bond donors (Lipinski definition) is 4. The van der Waals surface area contributed by atoms with E-state index in [1.54, 1.807) is 26.0 Å². The number of carbonyl (C=O) groups excluding carboxylic acids is 1. The van der Waals surface area contributed by atoms with E-state index in [4.69, 9.17) is 0 Å². The number of nitriles is 1. The molecule has 4 N–H and O–H groups in total. The van der Waals surface area contributed by atoms with Crippen molar-refractivity contribution in [2.45, 2.75) is 52.2 Å². The van der Waals surface area contributed by atoms with Gasteiger partial charge in [-0.25, -0.2) is 9.97 Å². The number of nitrogens with zero attached hydrogens (tertiary/aromatic N) is 4. The first-order valence-corrected chi connectivity index (χ1v) is 11.2. The maximum Gasteiger partial charge on any atom is 0.256 e. The molecule has 1 amide bonds. The molecule has 0 bridgehead atoms. The van der Waals surface area contributed by atoms with Crippen LogP contribution < -0.4 is 21.3 Å². The largest absolute Gasteiger partial charge is 0.350 e. The van der Waals surface area contributed by atoms with E-state index in [9.17, 15) is 10.1 Å².